The van der Waals surface area contributed by atoms with Crippen LogP contribution in [0.4, 0.5) is 0 Å². The van der Waals surface area contributed by atoms with Gasteiger partial charge in [-0.15, -0.1) is 0 Å². The molecule has 6 atom stereocenters. The number of aliphatic hydroxyl groups excluding tert-OH is 1. The second kappa shape index (κ2) is 5.05. The van der Waals surface area contributed by atoms with Crippen molar-refractivity contribution in [1.82, 2.24) is 0 Å². The number of hydrogen-bond donors (Lipinski definition) is 1. The van der Waals surface area contributed by atoms with Gasteiger partial charge in [0.2, 0.25) is 0 Å². The van der Waals surface area contributed by atoms with Gasteiger partial charge in [-0.25, -0.2) is 0 Å². The summed E-state index contributed by atoms with van der Waals surface area (Å²) < 4.78 is 0. The standard InChI is InChI=1S/C21H30O2/c1-4-16-19(23)12-18-15-6-5-13-11-14(22)7-9-20(13,2)17(15)8-10-21(16,18)3/h4,11,15,17-19,23H,5-10,12H2,1-3H3/b16-4+/t15?,17?,18?,19-,20-,21+/m0/s1. The molecule has 126 valence electrons. The molecule has 2 heteroatoms. The van der Waals surface area contributed by atoms with E-state index in [-0.39, 0.29) is 16.9 Å². The Hall–Kier alpha value is -0.890. The summed E-state index contributed by atoms with van der Waals surface area (Å²) in [5.41, 5.74) is 3.17. The number of fused-ring (bicyclic) bond motifs is 5. The van der Waals surface area contributed by atoms with Crippen molar-refractivity contribution in [3.63, 3.8) is 0 Å². The van der Waals surface area contributed by atoms with Crippen LogP contribution in [-0.2, 0) is 4.79 Å². The quantitative estimate of drug-likeness (QED) is 0.671. The fourth-order valence-corrected chi connectivity index (χ4v) is 6.94. The topological polar surface area (TPSA) is 37.3 Å². The maximum atomic E-state index is 11.9. The molecule has 0 aliphatic heterocycles. The Kier molecular flexibility index (Phi) is 3.43. The van der Waals surface area contributed by atoms with Gasteiger partial charge in [-0.3, -0.25) is 4.79 Å². The predicted molar refractivity (Wildman–Crippen MR) is 91.9 cm³/mol. The molecule has 3 saturated carbocycles. The molecule has 0 aromatic rings. The van der Waals surface area contributed by atoms with Crippen LogP contribution in [0.1, 0.15) is 65.7 Å². The minimum atomic E-state index is -0.230. The van der Waals surface area contributed by atoms with Crippen LogP contribution >= 0.6 is 0 Å². The van der Waals surface area contributed by atoms with Crippen LogP contribution in [0.3, 0.4) is 0 Å². The second-order valence-electron chi connectivity index (χ2n) is 8.92. The molecule has 3 fully saturated rings. The van der Waals surface area contributed by atoms with Gasteiger partial charge in [0.05, 0.1) is 6.10 Å². The second-order valence-corrected chi connectivity index (χ2v) is 8.92. The summed E-state index contributed by atoms with van der Waals surface area (Å²) in [5, 5.41) is 10.6. The lowest BCUT2D eigenvalue weighted by molar-refractivity contribution is -0.117. The van der Waals surface area contributed by atoms with Crippen molar-refractivity contribution in [2.24, 2.45) is 28.6 Å². The zero-order chi connectivity index (χ0) is 16.4. The molecule has 0 aromatic carbocycles. The third-order valence-electron chi connectivity index (χ3n) is 8.16. The van der Waals surface area contributed by atoms with Crippen LogP contribution in [0.25, 0.3) is 0 Å². The molecule has 3 unspecified atom stereocenters. The first-order chi connectivity index (χ1) is 10.9. The van der Waals surface area contributed by atoms with Crippen LogP contribution in [0.15, 0.2) is 23.3 Å². The molecule has 4 aliphatic carbocycles. The van der Waals surface area contributed by atoms with Gasteiger partial charge in [0.15, 0.2) is 5.78 Å². The largest absolute Gasteiger partial charge is 0.389 e. The molecular formula is C21H30O2. The fourth-order valence-electron chi connectivity index (χ4n) is 6.94. The summed E-state index contributed by atoms with van der Waals surface area (Å²) in [4.78, 5) is 11.9. The highest BCUT2D eigenvalue weighted by atomic mass is 16.3. The van der Waals surface area contributed by atoms with Crippen molar-refractivity contribution >= 4 is 5.78 Å². The van der Waals surface area contributed by atoms with Gasteiger partial charge in [0.25, 0.3) is 0 Å². The number of carbonyl (C=O) groups excluding carboxylic acids is 1. The minimum absolute atomic E-state index is 0.206. The van der Waals surface area contributed by atoms with E-state index in [0.717, 1.165) is 31.6 Å². The molecule has 0 aromatic heterocycles. The smallest absolute Gasteiger partial charge is 0.155 e. The first-order valence-corrected chi connectivity index (χ1v) is 9.49. The monoisotopic (exact) mass is 314 g/mol. The van der Waals surface area contributed by atoms with Crippen LogP contribution in [0.2, 0.25) is 0 Å². The summed E-state index contributed by atoms with van der Waals surface area (Å²) in [6.07, 6.45) is 11.4. The fraction of sp³-hybridized carbons (Fsp3) is 0.762. The third-order valence-corrected chi connectivity index (χ3v) is 8.16. The summed E-state index contributed by atoms with van der Waals surface area (Å²) in [5.74, 6) is 2.39. The zero-order valence-electron chi connectivity index (χ0n) is 14.8. The molecular weight excluding hydrogens is 284 g/mol. The van der Waals surface area contributed by atoms with Crippen molar-refractivity contribution in [1.29, 1.82) is 0 Å². The minimum Gasteiger partial charge on any atom is -0.389 e. The highest BCUT2D eigenvalue weighted by Crippen LogP contribution is 2.66. The third kappa shape index (κ3) is 2.00. The van der Waals surface area contributed by atoms with Gasteiger partial charge < -0.3 is 5.11 Å². The van der Waals surface area contributed by atoms with Crippen LogP contribution in [0, 0.1) is 28.6 Å². The summed E-state index contributed by atoms with van der Waals surface area (Å²) >= 11 is 0. The Balaban J connectivity index is 1.71. The van der Waals surface area contributed by atoms with E-state index < -0.39 is 0 Å². The molecule has 0 spiro atoms. The average Bonchev–Trinajstić information content (AvgIpc) is 2.77. The predicted octanol–water partition coefficient (Wildman–Crippen LogP) is 4.44. The summed E-state index contributed by atoms with van der Waals surface area (Å²) in [7, 11) is 0. The van der Waals surface area contributed by atoms with Crippen molar-refractivity contribution in [3.05, 3.63) is 23.3 Å². The van der Waals surface area contributed by atoms with Gasteiger partial charge in [-0.2, -0.15) is 0 Å². The lowest BCUT2D eigenvalue weighted by Crippen LogP contribution is -2.49. The molecule has 0 amide bonds. The van der Waals surface area contributed by atoms with Gasteiger partial charge in [-0.05, 0) is 85.7 Å². The van der Waals surface area contributed by atoms with E-state index in [9.17, 15) is 9.90 Å². The van der Waals surface area contributed by atoms with Gasteiger partial charge in [0, 0.05) is 6.42 Å². The molecule has 1 N–H and O–H groups in total. The average molecular weight is 314 g/mol. The normalized spacial score (nSPS) is 51.0. The van der Waals surface area contributed by atoms with E-state index in [2.05, 4.69) is 26.8 Å². The van der Waals surface area contributed by atoms with E-state index in [1.807, 2.05) is 6.08 Å². The van der Waals surface area contributed by atoms with Gasteiger partial charge in [0.1, 0.15) is 0 Å². The van der Waals surface area contributed by atoms with E-state index in [1.165, 1.54) is 30.4 Å². The maximum absolute atomic E-state index is 11.9. The molecule has 0 heterocycles. The first-order valence-electron chi connectivity index (χ1n) is 9.49. The number of ketones is 1. The van der Waals surface area contributed by atoms with E-state index >= 15 is 0 Å². The summed E-state index contributed by atoms with van der Waals surface area (Å²) in [6, 6.07) is 0. The Bertz CT molecular complexity index is 601. The number of hydrogen-bond acceptors (Lipinski definition) is 2. The Morgan fingerprint density at radius 3 is 2.65 bits per heavy atom. The van der Waals surface area contributed by atoms with Gasteiger partial charge in [-0.1, -0.05) is 25.5 Å². The Morgan fingerprint density at radius 1 is 1.13 bits per heavy atom. The molecule has 4 rings (SSSR count). The lowest BCUT2D eigenvalue weighted by Gasteiger charge is -2.57. The molecule has 0 bridgehead atoms. The van der Waals surface area contributed by atoms with Crippen molar-refractivity contribution in [2.45, 2.75) is 71.8 Å². The van der Waals surface area contributed by atoms with Crippen LogP contribution < -0.4 is 0 Å². The molecule has 23 heavy (non-hydrogen) atoms. The summed E-state index contributed by atoms with van der Waals surface area (Å²) in [6.45, 7) is 6.91. The number of allylic oxidation sites excluding steroid dienone is 2. The highest BCUT2D eigenvalue weighted by molar-refractivity contribution is 5.91. The van der Waals surface area contributed by atoms with Crippen molar-refractivity contribution < 1.29 is 9.90 Å². The number of rotatable bonds is 0. The highest BCUT2D eigenvalue weighted by Gasteiger charge is 2.59. The molecule has 0 radical (unpaired) electrons. The molecule has 0 saturated heterocycles. The van der Waals surface area contributed by atoms with Gasteiger partial charge >= 0.3 is 0 Å². The van der Waals surface area contributed by atoms with Crippen LogP contribution in [-0.4, -0.2) is 17.0 Å². The number of carbonyl (C=O) groups is 1. The SMILES string of the molecule is C/C=C1\[C@@H](O)CC2C3CCC4=CC(=O)CC[C@]4(C)C3CC[C@]12C. The molecule has 4 aliphatic rings. The maximum Gasteiger partial charge on any atom is 0.155 e. The first kappa shape index (κ1) is 15.6. The zero-order valence-corrected chi connectivity index (χ0v) is 14.8. The van der Waals surface area contributed by atoms with E-state index in [4.69, 9.17) is 0 Å². The van der Waals surface area contributed by atoms with E-state index in [1.54, 1.807) is 0 Å². The van der Waals surface area contributed by atoms with Crippen molar-refractivity contribution in [2.75, 3.05) is 0 Å². The Morgan fingerprint density at radius 2 is 1.91 bits per heavy atom. The van der Waals surface area contributed by atoms with Crippen LogP contribution in [0.5, 0.6) is 0 Å². The lowest BCUT2D eigenvalue weighted by atomic mass is 9.47. The number of aliphatic hydroxyl groups is 1. The van der Waals surface area contributed by atoms with E-state index in [0.29, 0.717) is 17.6 Å². The van der Waals surface area contributed by atoms with Crippen molar-refractivity contribution in [3.8, 4) is 0 Å². The Labute approximate surface area is 140 Å². The molecule has 2 nitrogen and oxygen atoms in total.